The van der Waals surface area contributed by atoms with Crippen molar-refractivity contribution in [3.8, 4) is 0 Å². The number of benzene rings is 1. The minimum absolute atomic E-state index is 0.271. The fourth-order valence-electron chi connectivity index (χ4n) is 2.14. The van der Waals surface area contributed by atoms with Gasteiger partial charge in [-0.3, -0.25) is 0 Å². The highest BCUT2D eigenvalue weighted by Crippen LogP contribution is 2.22. The average molecular weight is 282 g/mol. The second-order valence-electron chi connectivity index (χ2n) is 4.65. The van der Waals surface area contributed by atoms with Gasteiger partial charge in [-0.15, -0.1) is 0 Å². The van der Waals surface area contributed by atoms with E-state index >= 15 is 0 Å². The molecule has 2 rings (SSSR count). The molecule has 1 aliphatic heterocycles. The van der Waals surface area contributed by atoms with E-state index in [1.807, 2.05) is 6.92 Å². The molecule has 0 aliphatic carbocycles. The van der Waals surface area contributed by atoms with Crippen LogP contribution in [0.2, 0.25) is 0 Å². The van der Waals surface area contributed by atoms with Crippen molar-refractivity contribution in [2.75, 3.05) is 31.6 Å². The van der Waals surface area contributed by atoms with Gasteiger partial charge >= 0.3 is 5.97 Å². The maximum atomic E-state index is 13.4. The molecule has 4 nitrogen and oxygen atoms in total. The molecule has 112 valence electrons. The highest BCUT2D eigenvalue weighted by atomic mass is 19.1. The summed E-state index contributed by atoms with van der Waals surface area (Å²) < 4.78 is 18.1. The van der Waals surface area contributed by atoms with Crippen molar-refractivity contribution in [3.63, 3.8) is 0 Å². The first-order valence-corrected chi connectivity index (χ1v) is 6.96. The van der Waals surface area contributed by atoms with Crippen molar-refractivity contribution < 1.29 is 13.9 Å². The molecule has 20 heavy (non-hydrogen) atoms. The van der Waals surface area contributed by atoms with E-state index in [1.165, 1.54) is 25.7 Å². The summed E-state index contributed by atoms with van der Waals surface area (Å²) in [4.78, 5) is 13.5. The van der Waals surface area contributed by atoms with Crippen LogP contribution in [-0.2, 0) is 4.74 Å². The zero-order valence-electron chi connectivity index (χ0n) is 12.2. The molecule has 1 aromatic carbocycles. The highest BCUT2D eigenvalue weighted by molar-refractivity contribution is 5.90. The summed E-state index contributed by atoms with van der Waals surface area (Å²) in [6, 6.07) is 4.37. The second kappa shape index (κ2) is 8.53. The molecule has 5 heteroatoms. The molecule has 1 saturated heterocycles. The Morgan fingerprint density at radius 2 is 1.90 bits per heavy atom. The Morgan fingerprint density at radius 3 is 2.45 bits per heavy atom. The van der Waals surface area contributed by atoms with Crippen LogP contribution in [0.4, 0.5) is 10.1 Å². The third kappa shape index (κ3) is 4.81. The van der Waals surface area contributed by atoms with Crippen LogP contribution < -0.4 is 10.6 Å². The van der Waals surface area contributed by atoms with E-state index in [0.29, 0.717) is 0 Å². The minimum Gasteiger partial charge on any atom is -0.465 e. The van der Waals surface area contributed by atoms with Crippen molar-refractivity contribution in [2.45, 2.75) is 26.2 Å². The summed E-state index contributed by atoms with van der Waals surface area (Å²) in [6.07, 6.45) is 3.45. The van der Waals surface area contributed by atoms with Gasteiger partial charge in [0.1, 0.15) is 5.82 Å². The molecule has 0 radical (unpaired) electrons. The maximum Gasteiger partial charge on any atom is 0.338 e. The van der Waals surface area contributed by atoms with Crippen molar-refractivity contribution in [2.24, 2.45) is 5.73 Å². The van der Waals surface area contributed by atoms with Gasteiger partial charge in [-0.25, -0.2) is 9.18 Å². The number of halogens is 1. The smallest absolute Gasteiger partial charge is 0.338 e. The van der Waals surface area contributed by atoms with Crippen LogP contribution >= 0.6 is 0 Å². The van der Waals surface area contributed by atoms with Crippen molar-refractivity contribution >= 4 is 11.7 Å². The minimum atomic E-state index is -0.497. The Labute approximate surface area is 119 Å². The average Bonchev–Trinajstić information content (AvgIpc) is 2.47. The largest absolute Gasteiger partial charge is 0.465 e. The van der Waals surface area contributed by atoms with Gasteiger partial charge in [-0.05, 0) is 44.0 Å². The molecular formula is C15H23FN2O2. The van der Waals surface area contributed by atoms with E-state index in [2.05, 4.69) is 9.64 Å². The van der Waals surface area contributed by atoms with E-state index in [0.717, 1.165) is 38.2 Å². The van der Waals surface area contributed by atoms with Gasteiger partial charge in [0, 0.05) is 18.8 Å². The zero-order valence-corrected chi connectivity index (χ0v) is 12.2. The molecule has 0 atom stereocenters. The molecule has 0 unspecified atom stereocenters. The van der Waals surface area contributed by atoms with Crippen LogP contribution in [0, 0.1) is 5.82 Å². The molecule has 0 amide bonds. The molecule has 0 bridgehead atoms. The fourth-order valence-corrected chi connectivity index (χ4v) is 2.14. The Balaban J connectivity index is 0.000000612. The van der Waals surface area contributed by atoms with Gasteiger partial charge in [0.05, 0.1) is 12.7 Å². The summed E-state index contributed by atoms with van der Waals surface area (Å²) in [6.45, 7) is 4.49. The molecule has 0 saturated carbocycles. The van der Waals surface area contributed by atoms with Gasteiger partial charge in [-0.1, -0.05) is 6.92 Å². The van der Waals surface area contributed by atoms with E-state index in [9.17, 15) is 9.18 Å². The van der Waals surface area contributed by atoms with E-state index in [1.54, 1.807) is 6.07 Å². The number of ether oxygens (including phenoxy) is 1. The number of nitrogens with two attached hydrogens (primary N) is 1. The lowest BCUT2D eigenvalue weighted by Crippen LogP contribution is -2.29. The molecule has 1 fully saturated rings. The quantitative estimate of drug-likeness (QED) is 0.847. The number of carbonyl (C=O) groups excluding carboxylic acids is 1. The number of anilines is 1. The van der Waals surface area contributed by atoms with Gasteiger partial charge in [-0.2, -0.15) is 0 Å². The third-order valence-corrected chi connectivity index (χ3v) is 3.02. The topological polar surface area (TPSA) is 55.6 Å². The molecule has 1 aliphatic rings. The predicted molar refractivity (Wildman–Crippen MR) is 78.5 cm³/mol. The lowest BCUT2D eigenvalue weighted by molar-refractivity contribution is 0.0600. The number of methoxy groups -OCH3 is 1. The Hall–Kier alpha value is -1.62. The normalized spacial score (nSPS) is 14.3. The summed E-state index contributed by atoms with van der Waals surface area (Å²) in [5.41, 5.74) is 5.89. The van der Waals surface area contributed by atoms with Gasteiger partial charge < -0.3 is 15.4 Å². The lowest BCUT2D eigenvalue weighted by Gasteiger charge is -2.29. The van der Waals surface area contributed by atoms with Crippen LogP contribution in [0.3, 0.4) is 0 Å². The predicted octanol–water partition coefficient (Wildman–Crippen LogP) is 2.57. The fraction of sp³-hybridized carbons (Fsp3) is 0.533. The van der Waals surface area contributed by atoms with E-state index in [4.69, 9.17) is 5.73 Å². The summed E-state index contributed by atoms with van der Waals surface area (Å²) >= 11 is 0. The molecular weight excluding hydrogens is 259 g/mol. The number of hydrogen-bond donors (Lipinski definition) is 1. The first-order chi connectivity index (χ1) is 9.62. The Bertz CT molecular complexity index is 432. The number of piperidine rings is 1. The zero-order chi connectivity index (χ0) is 15.0. The summed E-state index contributed by atoms with van der Waals surface area (Å²) in [5.74, 6) is -0.892. The third-order valence-electron chi connectivity index (χ3n) is 3.02. The molecule has 2 N–H and O–H groups in total. The maximum absolute atomic E-state index is 13.4. The molecule has 0 spiro atoms. The molecule has 1 aromatic rings. The Morgan fingerprint density at radius 1 is 1.30 bits per heavy atom. The number of rotatable bonds is 2. The molecule has 1 heterocycles. The standard InChI is InChI=1S/C13H16FNO2.C2H7N/c1-17-13(16)10-7-11(14)9-12(8-10)15-5-3-2-4-6-15;1-2-3/h7-9H,2-6H2,1H3;2-3H2,1H3. The monoisotopic (exact) mass is 282 g/mol. The molecule has 0 aromatic heterocycles. The first-order valence-electron chi connectivity index (χ1n) is 6.96. The van der Waals surface area contributed by atoms with Crippen LogP contribution in [-0.4, -0.2) is 32.7 Å². The SMILES string of the molecule is CCN.COC(=O)c1cc(F)cc(N2CCCCC2)c1. The Kier molecular flexibility index (Phi) is 7.01. The van der Waals surface area contributed by atoms with Gasteiger partial charge in [0.25, 0.3) is 0 Å². The number of carbonyl (C=O) groups is 1. The lowest BCUT2D eigenvalue weighted by atomic mass is 10.1. The van der Waals surface area contributed by atoms with Gasteiger partial charge in [0.2, 0.25) is 0 Å². The number of esters is 1. The van der Waals surface area contributed by atoms with Crippen LogP contribution in [0.25, 0.3) is 0 Å². The summed E-state index contributed by atoms with van der Waals surface area (Å²) in [5, 5.41) is 0. The number of hydrogen-bond acceptors (Lipinski definition) is 4. The van der Waals surface area contributed by atoms with Crippen molar-refractivity contribution in [1.82, 2.24) is 0 Å². The van der Waals surface area contributed by atoms with Crippen molar-refractivity contribution in [1.29, 1.82) is 0 Å². The number of nitrogens with zero attached hydrogens (tertiary/aromatic N) is 1. The van der Waals surface area contributed by atoms with Crippen molar-refractivity contribution in [3.05, 3.63) is 29.6 Å². The van der Waals surface area contributed by atoms with Crippen LogP contribution in [0.1, 0.15) is 36.5 Å². The van der Waals surface area contributed by atoms with E-state index < -0.39 is 11.8 Å². The second-order valence-corrected chi connectivity index (χ2v) is 4.65. The highest BCUT2D eigenvalue weighted by Gasteiger charge is 2.15. The first kappa shape index (κ1) is 16.4. The van der Waals surface area contributed by atoms with Crippen LogP contribution in [0.5, 0.6) is 0 Å². The summed E-state index contributed by atoms with van der Waals surface area (Å²) in [7, 11) is 1.30. The van der Waals surface area contributed by atoms with Crippen LogP contribution in [0.15, 0.2) is 18.2 Å². The van der Waals surface area contributed by atoms with E-state index in [-0.39, 0.29) is 5.56 Å². The van der Waals surface area contributed by atoms with Gasteiger partial charge in [0.15, 0.2) is 0 Å².